The van der Waals surface area contributed by atoms with Gasteiger partial charge in [-0.1, -0.05) is 77.6 Å². The minimum atomic E-state index is 0.557. The molecule has 0 spiro atoms. The van der Waals surface area contributed by atoms with Crippen molar-refractivity contribution < 1.29 is 0 Å². The number of benzene rings is 2. The molecule has 0 saturated heterocycles. The van der Waals surface area contributed by atoms with Gasteiger partial charge in [0.05, 0.1) is 0 Å². The van der Waals surface area contributed by atoms with Gasteiger partial charge in [0.25, 0.3) is 0 Å². The molecule has 1 aliphatic rings. The van der Waals surface area contributed by atoms with Crippen LogP contribution < -0.4 is 0 Å². The summed E-state index contributed by atoms with van der Waals surface area (Å²) in [5, 5.41) is 0. The Balaban J connectivity index is 2.11. The highest BCUT2D eigenvalue weighted by Gasteiger charge is 2.20. The number of hydrogen-bond donors (Lipinski definition) is 0. The van der Waals surface area contributed by atoms with Crippen LogP contribution in [-0.2, 0) is 12.8 Å². The van der Waals surface area contributed by atoms with Crippen LogP contribution in [0, 0.1) is 0 Å². The van der Waals surface area contributed by atoms with Crippen molar-refractivity contribution in [2.45, 2.75) is 72.1 Å². The van der Waals surface area contributed by atoms with Crippen LogP contribution in [0.3, 0.4) is 0 Å². The number of allylic oxidation sites excluding steroid dienone is 2. The number of hydrogen-bond acceptors (Lipinski definition) is 0. The summed E-state index contributed by atoms with van der Waals surface area (Å²) < 4.78 is 0. The highest BCUT2D eigenvalue weighted by Crippen LogP contribution is 2.39. The van der Waals surface area contributed by atoms with Crippen molar-refractivity contribution in [2.24, 2.45) is 0 Å². The fourth-order valence-electron chi connectivity index (χ4n) is 4.02. The van der Waals surface area contributed by atoms with Gasteiger partial charge in [-0.05, 0) is 88.1 Å². The lowest BCUT2D eigenvalue weighted by Gasteiger charge is -2.25. The summed E-state index contributed by atoms with van der Waals surface area (Å²) in [6.07, 6.45) is 6.76. The molecule has 27 heavy (non-hydrogen) atoms. The lowest BCUT2D eigenvalue weighted by Crippen LogP contribution is -2.07. The van der Waals surface area contributed by atoms with Crippen LogP contribution >= 0.6 is 0 Å². The maximum absolute atomic E-state index is 4.46. The Morgan fingerprint density at radius 3 is 2.33 bits per heavy atom. The molecule has 0 radical (unpaired) electrons. The third kappa shape index (κ3) is 3.95. The van der Waals surface area contributed by atoms with Crippen LogP contribution in [0.2, 0.25) is 0 Å². The minimum Gasteiger partial charge on any atom is -0.0949 e. The van der Waals surface area contributed by atoms with E-state index in [1.807, 2.05) is 0 Å². The van der Waals surface area contributed by atoms with E-state index in [4.69, 9.17) is 0 Å². The molecular formula is C27H34. The molecule has 2 unspecified atom stereocenters. The second kappa shape index (κ2) is 8.30. The van der Waals surface area contributed by atoms with Gasteiger partial charge in [0.15, 0.2) is 0 Å². The Kier molecular flexibility index (Phi) is 6.05. The van der Waals surface area contributed by atoms with Crippen molar-refractivity contribution >= 4 is 11.6 Å². The summed E-state index contributed by atoms with van der Waals surface area (Å²) in [4.78, 5) is 0. The molecular weight excluding hydrogens is 324 g/mol. The third-order valence-corrected chi connectivity index (χ3v) is 6.39. The van der Waals surface area contributed by atoms with Crippen LogP contribution in [0.15, 0.2) is 48.6 Å². The van der Waals surface area contributed by atoms with Crippen LogP contribution in [-0.4, -0.2) is 0 Å². The van der Waals surface area contributed by atoms with Gasteiger partial charge in [0.2, 0.25) is 0 Å². The van der Waals surface area contributed by atoms with E-state index in [1.165, 1.54) is 50.9 Å². The summed E-state index contributed by atoms with van der Waals surface area (Å²) in [5.74, 6) is 1.17. The van der Waals surface area contributed by atoms with Crippen LogP contribution in [0.5, 0.6) is 0 Å². The van der Waals surface area contributed by atoms with Crippen LogP contribution in [0.1, 0.15) is 92.7 Å². The number of aryl methyl sites for hydroxylation is 1. The molecule has 142 valence electrons. The fraction of sp³-hybridized carbons (Fsp3) is 0.407. The van der Waals surface area contributed by atoms with E-state index in [2.05, 4.69) is 83.7 Å². The summed E-state index contributed by atoms with van der Waals surface area (Å²) >= 11 is 0. The van der Waals surface area contributed by atoms with Crippen molar-refractivity contribution in [3.8, 4) is 0 Å². The zero-order valence-electron chi connectivity index (χ0n) is 17.7. The van der Waals surface area contributed by atoms with Gasteiger partial charge in [-0.15, -0.1) is 0 Å². The Hall–Kier alpha value is -2.08. The molecule has 0 aliphatic heterocycles. The normalized spacial score (nSPS) is 15.9. The summed E-state index contributed by atoms with van der Waals surface area (Å²) in [7, 11) is 0. The third-order valence-electron chi connectivity index (χ3n) is 6.39. The average molecular weight is 359 g/mol. The molecule has 0 heterocycles. The molecule has 0 nitrogen and oxygen atoms in total. The first-order valence-corrected chi connectivity index (χ1v) is 10.6. The Bertz CT molecular complexity index is 866. The second-order valence-corrected chi connectivity index (χ2v) is 8.19. The number of rotatable bonds is 6. The van der Waals surface area contributed by atoms with E-state index in [-0.39, 0.29) is 0 Å². The molecule has 0 aromatic heterocycles. The maximum Gasteiger partial charge on any atom is -0.00194 e. The molecule has 0 bridgehead atoms. The maximum atomic E-state index is 4.46. The highest BCUT2D eigenvalue weighted by molar-refractivity contribution is 5.95. The monoisotopic (exact) mass is 358 g/mol. The molecule has 3 rings (SSSR count). The average Bonchev–Trinajstić information content (AvgIpc) is 2.71. The van der Waals surface area contributed by atoms with Gasteiger partial charge in [0, 0.05) is 0 Å². The molecule has 0 N–H and O–H groups in total. The van der Waals surface area contributed by atoms with Gasteiger partial charge in [-0.3, -0.25) is 0 Å². The smallest absolute Gasteiger partial charge is 0.00194 e. The van der Waals surface area contributed by atoms with Gasteiger partial charge in [-0.2, -0.15) is 0 Å². The first-order valence-electron chi connectivity index (χ1n) is 10.6. The molecule has 0 amide bonds. The van der Waals surface area contributed by atoms with Crippen molar-refractivity contribution in [3.63, 3.8) is 0 Å². The molecule has 0 heteroatoms. The highest BCUT2D eigenvalue weighted by atomic mass is 14.2. The first-order chi connectivity index (χ1) is 13.0. The van der Waals surface area contributed by atoms with E-state index < -0.39 is 0 Å². The Morgan fingerprint density at radius 2 is 1.67 bits per heavy atom. The standard InChI is InChI=1S/C27H34/c1-7-18(4)22-12-13-25(26(16-22)19(5)8-2)27-17-23-11-10-21(9-3)15-24(23)14-20(27)6/h10-13,15-19H,6-9,14H2,1-5H3. The minimum absolute atomic E-state index is 0.557. The van der Waals surface area contributed by atoms with Crippen LogP contribution in [0.25, 0.3) is 11.6 Å². The quantitative estimate of drug-likeness (QED) is 0.492. The zero-order chi connectivity index (χ0) is 19.6. The topological polar surface area (TPSA) is 0 Å². The lowest BCUT2D eigenvalue weighted by atomic mass is 9.80. The summed E-state index contributed by atoms with van der Waals surface area (Å²) in [6.45, 7) is 15.9. The van der Waals surface area contributed by atoms with E-state index in [1.54, 1.807) is 0 Å². The fourth-order valence-corrected chi connectivity index (χ4v) is 4.02. The van der Waals surface area contributed by atoms with E-state index in [9.17, 15) is 0 Å². The van der Waals surface area contributed by atoms with Gasteiger partial charge < -0.3 is 0 Å². The van der Waals surface area contributed by atoms with Crippen molar-refractivity contribution in [1.82, 2.24) is 0 Å². The van der Waals surface area contributed by atoms with Crippen LogP contribution in [0.4, 0.5) is 0 Å². The number of fused-ring (bicyclic) bond motifs is 1. The second-order valence-electron chi connectivity index (χ2n) is 8.19. The van der Waals surface area contributed by atoms with Gasteiger partial charge in [-0.25, -0.2) is 0 Å². The predicted octanol–water partition coefficient (Wildman–Crippen LogP) is 7.93. The molecule has 2 aromatic carbocycles. The van der Waals surface area contributed by atoms with Crippen molar-refractivity contribution in [3.05, 3.63) is 81.9 Å². The van der Waals surface area contributed by atoms with E-state index in [0.717, 1.165) is 19.3 Å². The molecule has 0 saturated carbocycles. The molecule has 0 fully saturated rings. The SMILES string of the molecule is C=C1Cc2cc(CC)ccc2C=C1c1ccc(C(C)CC)cc1C(C)CC. The molecule has 1 aliphatic carbocycles. The predicted molar refractivity (Wildman–Crippen MR) is 120 cm³/mol. The molecule has 2 aromatic rings. The first kappa shape index (κ1) is 19.7. The molecule has 2 atom stereocenters. The van der Waals surface area contributed by atoms with Crippen molar-refractivity contribution in [2.75, 3.05) is 0 Å². The van der Waals surface area contributed by atoms with E-state index >= 15 is 0 Å². The van der Waals surface area contributed by atoms with E-state index in [0.29, 0.717) is 11.8 Å². The lowest BCUT2D eigenvalue weighted by molar-refractivity contribution is 0.710. The van der Waals surface area contributed by atoms with Crippen molar-refractivity contribution in [1.29, 1.82) is 0 Å². The zero-order valence-corrected chi connectivity index (χ0v) is 17.7. The Morgan fingerprint density at radius 1 is 0.926 bits per heavy atom. The largest absolute Gasteiger partial charge is 0.0949 e. The van der Waals surface area contributed by atoms with Gasteiger partial charge in [0.1, 0.15) is 0 Å². The summed E-state index contributed by atoms with van der Waals surface area (Å²) in [6, 6.07) is 14.1. The van der Waals surface area contributed by atoms with Gasteiger partial charge >= 0.3 is 0 Å². The summed E-state index contributed by atoms with van der Waals surface area (Å²) in [5.41, 5.74) is 11.1. The Labute approximate surface area is 166 Å².